The van der Waals surface area contributed by atoms with Crippen LogP contribution in [0.1, 0.15) is 87.0 Å². The molecule has 0 atom stereocenters. The maximum atomic E-state index is 14.1. The van der Waals surface area contributed by atoms with Crippen LogP contribution in [-0.2, 0) is 22.6 Å². The van der Waals surface area contributed by atoms with Crippen molar-refractivity contribution in [2.45, 2.75) is 25.3 Å². The molecule has 0 aliphatic carbocycles. The minimum Gasteiger partial charge on any atom is -0.506 e. The zero-order valence-electron chi connectivity index (χ0n) is 43.1. The van der Waals surface area contributed by atoms with Gasteiger partial charge in [-0.25, -0.2) is 13.6 Å². The number of pyridine rings is 2. The average molecular weight is 1080 g/mol. The number of fused-ring (bicyclic) bond motifs is 4. The van der Waals surface area contributed by atoms with E-state index in [4.69, 9.17) is 18.9 Å². The van der Waals surface area contributed by atoms with Crippen molar-refractivity contribution in [2.24, 2.45) is 0 Å². The molecule has 81 heavy (non-hydrogen) atoms. The topological polar surface area (TPSA) is 175 Å². The number of hydrogen-bond donors (Lipinski definition) is 1. The summed E-state index contributed by atoms with van der Waals surface area (Å²) in [7, 11) is 1.34. The SMILES string of the molecule is COCC(=O)Oc1c2c(c(OC(c3ccccc3)c3ccccc3)c3ncccc13)C(=O)N(Cc1ccc(F)cc1)C2=O.O=C1c2c(c(OC(c3ccccc3)c3ccccc3)c3ncccc3c2O)C(=O)N1Cc1ccc(F)cc1. The summed E-state index contributed by atoms with van der Waals surface area (Å²) in [6.07, 6.45) is 1.77. The van der Waals surface area contributed by atoms with Crippen LogP contribution in [0.25, 0.3) is 21.8 Å². The normalized spacial score (nSPS) is 12.7. The summed E-state index contributed by atoms with van der Waals surface area (Å²) < 4.78 is 50.9. The van der Waals surface area contributed by atoms with Crippen molar-refractivity contribution in [1.29, 1.82) is 0 Å². The molecule has 0 spiro atoms. The fourth-order valence-corrected chi connectivity index (χ4v) is 9.89. The lowest BCUT2D eigenvalue weighted by Crippen LogP contribution is -2.29. The van der Waals surface area contributed by atoms with Gasteiger partial charge in [-0.2, -0.15) is 0 Å². The number of esters is 1. The molecule has 4 heterocycles. The summed E-state index contributed by atoms with van der Waals surface area (Å²) in [4.78, 5) is 79.0. The average Bonchev–Trinajstić information content (AvgIpc) is 4.07. The van der Waals surface area contributed by atoms with E-state index in [0.29, 0.717) is 21.9 Å². The van der Waals surface area contributed by atoms with Gasteiger partial charge in [-0.05, 0) is 81.9 Å². The molecule has 0 saturated carbocycles. The Labute approximate surface area is 462 Å². The van der Waals surface area contributed by atoms with E-state index in [9.17, 15) is 37.9 Å². The molecule has 2 aliphatic heterocycles. The number of phenolic OH excluding ortho intramolecular Hbond substituents is 1. The highest BCUT2D eigenvalue weighted by Crippen LogP contribution is 2.48. The van der Waals surface area contributed by atoms with E-state index in [2.05, 4.69) is 9.97 Å². The summed E-state index contributed by atoms with van der Waals surface area (Å²) in [5.74, 6) is -4.48. The van der Waals surface area contributed by atoms with Crippen LogP contribution in [0.3, 0.4) is 0 Å². The second kappa shape index (κ2) is 22.9. The number of aromatic hydroxyl groups is 1. The molecule has 12 rings (SSSR count). The van der Waals surface area contributed by atoms with E-state index in [1.807, 2.05) is 121 Å². The van der Waals surface area contributed by atoms with Gasteiger partial charge in [-0.3, -0.25) is 38.9 Å². The first-order valence-electron chi connectivity index (χ1n) is 25.5. The third kappa shape index (κ3) is 10.4. The number of phenols is 1. The fraction of sp³-hybridized carbons (Fsp3) is 0.0923. The molecule has 1 N–H and O–H groups in total. The van der Waals surface area contributed by atoms with Crippen LogP contribution in [0.4, 0.5) is 8.78 Å². The number of nitrogens with zero attached hydrogens (tertiary/aromatic N) is 4. The molecule has 2 aromatic heterocycles. The van der Waals surface area contributed by atoms with E-state index in [-0.39, 0.29) is 76.0 Å². The maximum Gasteiger partial charge on any atom is 0.337 e. The van der Waals surface area contributed by atoms with E-state index >= 15 is 0 Å². The summed E-state index contributed by atoms with van der Waals surface area (Å²) in [6.45, 7) is -0.599. The third-order valence-corrected chi connectivity index (χ3v) is 13.7. The standard InChI is InChI=1S/C34H25FN2O6.C31H21FN2O4/c1-41-20-26(38)42-31-25-13-8-18-36-29(25)32(43-30(22-9-4-2-5-10-22)23-11-6-3-7-12-23)28-27(31)33(39)37(34(28)40)19-21-14-16-24(35)17-15-21;32-22-15-13-19(14-16-22)18-34-30(36)24-25(31(34)37)29(26-23(27(24)35)12-7-17-33-26)38-28(20-8-3-1-4-9-20)21-10-5-2-6-11-21/h2-18,30H,19-20H2,1H3;1-17,28,35H,18H2. The van der Waals surface area contributed by atoms with Crippen LogP contribution in [0, 0.1) is 11.6 Å². The summed E-state index contributed by atoms with van der Waals surface area (Å²) in [6, 6.07) is 55.6. The second-order valence-corrected chi connectivity index (χ2v) is 18.8. The van der Waals surface area contributed by atoms with Gasteiger partial charge in [0.15, 0.2) is 17.2 Å². The van der Waals surface area contributed by atoms with Crippen LogP contribution in [0.5, 0.6) is 23.0 Å². The third-order valence-electron chi connectivity index (χ3n) is 13.7. The number of hydrogen-bond acceptors (Lipinski definition) is 12. The zero-order chi connectivity index (χ0) is 56.1. The minimum atomic E-state index is -0.757. The Hall–Kier alpha value is -10.5. The van der Waals surface area contributed by atoms with Crippen molar-refractivity contribution < 1.29 is 56.8 Å². The Morgan fingerprint density at radius 2 is 0.827 bits per heavy atom. The lowest BCUT2D eigenvalue weighted by molar-refractivity contribution is -0.138. The van der Waals surface area contributed by atoms with E-state index in [1.165, 1.54) is 61.8 Å². The number of amides is 4. The first-order valence-corrected chi connectivity index (χ1v) is 25.5. The number of aromatic nitrogens is 2. The molecule has 0 radical (unpaired) electrons. The smallest absolute Gasteiger partial charge is 0.337 e. The van der Waals surface area contributed by atoms with E-state index in [1.54, 1.807) is 30.5 Å². The number of rotatable bonds is 15. The van der Waals surface area contributed by atoms with Crippen LogP contribution < -0.4 is 14.2 Å². The van der Waals surface area contributed by atoms with Crippen molar-refractivity contribution in [2.75, 3.05) is 13.7 Å². The highest BCUT2D eigenvalue weighted by atomic mass is 19.1. The van der Waals surface area contributed by atoms with Crippen LogP contribution >= 0.6 is 0 Å². The van der Waals surface area contributed by atoms with Crippen molar-refractivity contribution >= 4 is 51.4 Å². The monoisotopic (exact) mass is 1080 g/mol. The zero-order valence-corrected chi connectivity index (χ0v) is 43.1. The highest BCUT2D eigenvalue weighted by molar-refractivity contribution is 6.28. The Morgan fingerprint density at radius 1 is 0.469 bits per heavy atom. The number of imide groups is 2. The molecule has 0 saturated heterocycles. The number of methoxy groups -OCH3 is 1. The Bertz CT molecular complexity index is 3950. The Balaban J connectivity index is 0.000000172. The highest BCUT2D eigenvalue weighted by Gasteiger charge is 2.45. The minimum absolute atomic E-state index is 0.0438. The van der Waals surface area contributed by atoms with Gasteiger partial charge in [0, 0.05) is 30.3 Å². The number of carbonyl (C=O) groups excluding carboxylic acids is 5. The molecule has 0 bridgehead atoms. The molecule has 0 fully saturated rings. The van der Waals surface area contributed by atoms with Crippen LogP contribution in [0.2, 0.25) is 0 Å². The fourth-order valence-electron chi connectivity index (χ4n) is 9.89. The van der Waals surface area contributed by atoms with Crippen LogP contribution in [0.15, 0.2) is 207 Å². The van der Waals surface area contributed by atoms with Gasteiger partial charge < -0.3 is 24.1 Å². The lowest BCUT2D eigenvalue weighted by Gasteiger charge is -2.23. The van der Waals surface area contributed by atoms with Gasteiger partial charge in [0.25, 0.3) is 23.6 Å². The molecule has 2 aliphatic rings. The molecule has 0 unspecified atom stereocenters. The molecule has 16 heteroatoms. The van der Waals surface area contributed by atoms with Crippen molar-refractivity contribution in [1.82, 2.24) is 19.8 Å². The van der Waals surface area contributed by atoms with E-state index in [0.717, 1.165) is 32.1 Å². The summed E-state index contributed by atoms with van der Waals surface area (Å²) in [5, 5.41) is 11.7. The Morgan fingerprint density at radius 3 is 1.23 bits per heavy atom. The number of ether oxygens (including phenoxy) is 4. The number of halogens is 2. The van der Waals surface area contributed by atoms with Crippen molar-refractivity contribution in [3.05, 3.63) is 274 Å². The van der Waals surface area contributed by atoms with Gasteiger partial charge in [0.05, 0.1) is 18.7 Å². The molecule has 400 valence electrons. The first kappa shape index (κ1) is 52.6. The maximum absolute atomic E-state index is 14.1. The molecule has 10 aromatic rings. The molecular weight excluding hydrogens is 1030 g/mol. The largest absolute Gasteiger partial charge is 0.506 e. The lowest BCUT2D eigenvalue weighted by atomic mass is 9.99. The van der Waals surface area contributed by atoms with Crippen molar-refractivity contribution in [3.8, 4) is 23.0 Å². The predicted molar refractivity (Wildman–Crippen MR) is 295 cm³/mol. The number of carbonyl (C=O) groups is 5. The second-order valence-electron chi connectivity index (χ2n) is 18.8. The first-order chi connectivity index (χ1) is 39.5. The van der Waals surface area contributed by atoms with Crippen LogP contribution in [-0.4, -0.2) is 68.2 Å². The number of benzene rings is 8. The molecule has 8 aromatic carbocycles. The van der Waals surface area contributed by atoms with Gasteiger partial charge in [0.1, 0.15) is 63.9 Å². The molecular formula is C65H46F2N4O10. The van der Waals surface area contributed by atoms with E-state index < -0.39 is 53.4 Å². The van der Waals surface area contributed by atoms with Gasteiger partial charge >= 0.3 is 5.97 Å². The van der Waals surface area contributed by atoms with Gasteiger partial charge in [-0.1, -0.05) is 146 Å². The predicted octanol–water partition coefficient (Wildman–Crippen LogP) is 11.9. The molecule has 4 amide bonds. The van der Waals surface area contributed by atoms with Gasteiger partial charge in [-0.15, -0.1) is 0 Å². The molecule has 14 nitrogen and oxygen atoms in total. The summed E-state index contributed by atoms with van der Waals surface area (Å²) >= 11 is 0. The van der Waals surface area contributed by atoms with Crippen molar-refractivity contribution in [3.63, 3.8) is 0 Å². The summed E-state index contributed by atoms with van der Waals surface area (Å²) in [5.41, 5.74) is 4.53. The van der Waals surface area contributed by atoms with Gasteiger partial charge in [0.2, 0.25) is 0 Å². The Kier molecular flexibility index (Phi) is 14.8. The quantitative estimate of drug-likeness (QED) is 0.0585.